The van der Waals surface area contributed by atoms with Crippen molar-refractivity contribution in [1.82, 2.24) is 15.4 Å². The second-order valence-electron chi connectivity index (χ2n) is 8.26. The van der Waals surface area contributed by atoms with Gasteiger partial charge in [0.1, 0.15) is 6.04 Å². The average molecular weight is 412 g/mol. The molecule has 2 aromatic rings. The van der Waals surface area contributed by atoms with E-state index in [2.05, 4.69) is 45.7 Å². The SMILES string of the molecule is Cc1ccnc(N2CCC(N[N+](=O)[O-])C2COC2CCC(c3ccccc3)CC2)n1. The van der Waals surface area contributed by atoms with E-state index in [1.54, 1.807) is 6.20 Å². The zero-order chi connectivity index (χ0) is 20.9. The number of hydrogen-bond donors (Lipinski definition) is 1. The third-order valence-corrected chi connectivity index (χ3v) is 6.30. The number of nitrogens with zero attached hydrogens (tertiary/aromatic N) is 4. The summed E-state index contributed by atoms with van der Waals surface area (Å²) in [6.07, 6.45) is 6.84. The van der Waals surface area contributed by atoms with Crippen molar-refractivity contribution in [2.45, 2.75) is 63.1 Å². The summed E-state index contributed by atoms with van der Waals surface area (Å²) in [5, 5.41) is 10.6. The van der Waals surface area contributed by atoms with E-state index in [9.17, 15) is 10.1 Å². The predicted molar refractivity (Wildman–Crippen MR) is 114 cm³/mol. The Labute approximate surface area is 176 Å². The number of hydrogen-bond acceptors (Lipinski definition) is 6. The second kappa shape index (κ2) is 9.38. The summed E-state index contributed by atoms with van der Waals surface area (Å²) in [6, 6.07) is 12.1. The monoisotopic (exact) mass is 411 g/mol. The number of anilines is 1. The highest BCUT2D eigenvalue weighted by molar-refractivity contribution is 5.35. The smallest absolute Gasteiger partial charge is 0.225 e. The van der Waals surface area contributed by atoms with Crippen LogP contribution in [0, 0.1) is 17.0 Å². The Morgan fingerprint density at radius 2 is 1.93 bits per heavy atom. The van der Waals surface area contributed by atoms with Crippen LogP contribution in [0.2, 0.25) is 0 Å². The van der Waals surface area contributed by atoms with Crippen molar-refractivity contribution in [3.05, 3.63) is 64.0 Å². The van der Waals surface area contributed by atoms with E-state index in [1.807, 2.05) is 17.9 Å². The number of aromatic nitrogens is 2. The summed E-state index contributed by atoms with van der Waals surface area (Å²) in [7, 11) is 0. The first-order valence-corrected chi connectivity index (χ1v) is 10.7. The zero-order valence-corrected chi connectivity index (χ0v) is 17.3. The van der Waals surface area contributed by atoms with Crippen molar-refractivity contribution >= 4 is 5.95 Å². The minimum Gasteiger partial charge on any atom is -0.376 e. The van der Waals surface area contributed by atoms with E-state index in [1.165, 1.54) is 5.56 Å². The zero-order valence-electron chi connectivity index (χ0n) is 17.3. The van der Waals surface area contributed by atoms with Gasteiger partial charge in [0.15, 0.2) is 5.03 Å². The molecule has 2 unspecified atom stereocenters. The second-order valence-corrected chi connectivity index (χ2v) is 8.26. The van der Waals surface area contributed by atoms with Gasteiger partial charge in [0.05, 0.1) is 18.8 Å². The maximum atomic E-state index is 11.1. The Morgan fingerprint density at radius 1 is 1.17 bits per heavy atom. The van der Waals surface area contributed by atoms with E-state index in [0.29, 0.717) is 31.4 Å². The molecule has 1 saturated carbocycles. The highest BCUT2D eigenvalue weighted by Crippen LogP contribution is 2.34. The number of rotatable bonds is 7. The molecule has 2 heterocycles. The molecule has 2 aliphatic rings. The fraction of sp³-hybridized carbons (Fsp3) is 0.545. The van der Waals surface area contributed by atoms with Crippen LogP contribution in [0.15, 0.2) is 42.6 Å². The summed E-state index contributed by atoms with van der Waals surface area (Å²) in [5.74, 6) is 1.21. The maximum absolute atomic E-state index is 11.1. The van der Waals surface area contributed by atoms with Gasteiger partial charge < -0.3 is 9.64 Å². The van der Waals surface area contributed by atoms with Gasteiger partial charge in [-0.05, 0) is 56.6 Å². The number of ether oxygens (including phenoxy) is 1. The molecule has 2 fully saturated rings. The quantitative estimate of drug-likeness (QED) is 0.552. The third-order valence-electron chi connectivity index (χ3n) is 6.30. The van der Waals surface area contributed by atoms with E-state index < -0.39 is 5.03 Å². The van der Waals surface area contributed by atoms with Gasteiger partial charge in [0.25, 0.3) is 0 Å². The van der Waals surface area contributed by atoms with E-state index >= 15 is 0 Å². The molecule has 0 spiro atoms. The molecule has 2 atom stereocenters. The molecular weight excluding hydrogens is 382 g/mol. The lowest BCUT2D eigenvalue weighted by Crippen LogP contribution is -2.48. The maximum Gasteiger partial charge on any atom is 0.225 e. The minimum atomic E-state index is -0.455. The van der Waals surface area contributed by atoms with Gasteiger partial charge in [-0.1, -0.05) is 30.3 Å². The van der Waals surface area contributed by atoms with Crippen molar-refractivity contribution in [3.8, 4) is 0 Å². The molecule has 1 aliphatic heterocycles. The van der Waals surface area contributed by atoms with Crippen molar-refractivity contribution in [2.24, 2.45) is 0 Å². The van der Waals surface area contributed by atoms with Crippen LogP contribution >= 0.6 is 0 Å². The van der Waals surface area contributed by atoms with E-state index in [-0.39, 0.29) is 18.2 Å². The summed E-state index contributed by atoms with van der Waals surface area (Å²) in [4.78, 5) is 22.0. The van der Waals surface area contributed by atoms with Gasteiger partial charge in [-0.2, -0.15) is 0 Å². The molecule has 8 heteroatoms. The number of hydrazine groups is 1. The fourth-order valence-corrected chi connectivity index (χ4v) is 4.69. The Kier molecular flexibility index (Phi) is 6.42. The molecule has 8 nitrogen and oxygen atoms in total. The highest BCUT2D eigenvalue weighted by Gasteiger charge is 2.39. The molecule has 30 heavy (non-hydrogen) atoms. The molecule has 1 aromatic heterocycles. The Balaban J connectivity index is 1.37. The van der Waals surface area contributed by atoms with Gasteiger partial charge in [-0.15, -0.1) is 5.43 Å². The summed E-state index contributed by atoms with van der Waals surface area (Å²) in [6.45, 7) is 3.03. The van der Waals surface area contributed by atoms with Gasteiger partial charge >= 0.3 is 0 Å². The Morgan fingerprint density at radius 3 is 2.63 bits per heavy atom. The van der Waals surface area contributed by atoms with Crippen LogP contribution in [0.25, 0.3) is 0 Å². The molecule has 4 rings (SSSR count). The number of nitrogens with one attached hydrogen (secondary N) is 1. The first-order valence-electron chi connectivity index (χ1n) is 10.7. The third kappa shape index (κ3) is 4.87. The van der Waals surface area contributed by atoms with Gasteiger partial charge in [-0.3, -0.25) is 0 Å². The lowest BCUT2D eigenvalue weighted by molar-refractivity contribution is -0.551. The van der Waals surface area contributed by atoms with Crippen LogP contribution < -0.4 is 10.3 Å². The van der Waals surface area contributed by atoms with Gasteiger partial charge in [-0.25, -0.2) is 20.1 Å². The minimum absolute atomic E-state index is 0.163. The molecule has 0 amide bonds. The van der Waals surface area contributed by atoms with Crippen LogP contribution in [0.5, 0.6) is 0 Å². The lowest BCUT2D eigenvalue weighted by atomic mass is 9.83. The van der Waals surface area contributed by atoms with Crippen molar-refractivity contribution in [3.63, 3.8) is 0 Å². The topological polar surface area (TPSA) is 93.4 Å². The molecule has 1 aromatic carbocycles. The largest absolute Gasteiger partial charge is 0.376 e. The first-order chi connectivity index (χ1) is 14.6. The van der Waals surface area contributed by atoms with Crippen LogP contribution in [0.1, 0.15) is 49.3 Å². The summed E-state index contributed by atoms with van der Waals surface area (Å²) in [5.41, 5.74) is 4.75. The molecular formula is C22H29N5O3. The molecule has 0 radical (unpaired) electrons. The predicted octanol–water partition coefficient (Wildman–Crippen LogP) is 3.26. The van der Waals surface area contributed by atoms with Crippen LogP contribution in [0.4, 0.5) is 5.95 Å². The van der Waals surface area contributed by atoms with Crippen LogP contribution in [-0.4, -0.2) is 46.3 Å². The Hall–Kier alpha value is -2.74. The highest BCUT2D eigenvalue weighted by atomic mass is 16.7. The average Bonchev–Trinajstić information content (AvgIpc) is 3.15. The van der Waals surface area contributed by atoms with Crippen LogP contribution in [0.3, 0.4) is 0 Å². The first kappa shape index (κ1) is 20.5. The molecule has 0 bridgehead atoms. The van der Waals surface area contributed by atoms with Crippen molar-refractivity contribution in [2.75, 3.05) is 18.1 Å². The number of nitro groups is 1. The van der Waals surface area contributed by atoms with Crippen LogP contribution in [-0.2, 0) is 4.74 Å². The number of aryl methyl sites for hydroxylation is 1. The van der Waals surface area contributed by atoms with Gasteiger partial charge in [0.2, 0.25) is 5.95 Å². The normalized spacial score (nSPS) is 26.5. The Bertz CT molecular complexity index is 842. The lowest BCUT2D eigenvalue weighted by Gasteiger charge is -2.32. The number of benzene rings is 1. The summed E-state index contributed by atoms with van der Waals surface area (Å²) < 4.78 is 6.29. The van der Waals surface area contributed by atoms with Crippen molar-refractivity contribution in [1.29, 1.82) is 0 Å². The summed E-state index contributed by atoms with van der Waals surface area (Å²) >= 11 is 0. The van der Waals surface area contributed by atoms with E-state index in [4.69, 9.17) is 4.74 Å². The fourth-order valence-electron chi connectivity index (χ4n) is 4.69. The van der Waals surface area contributed by atoms with E-state index in [0.717, 1.165) is 31.4 Å². The molecule has 1 aliphatic carbocycles. The van der Waals surface area contributed by atoms with Gasteiger partial charge in [0, 0.05) is 18.4 Å². The standard InChI is InChI=1S/C22H29N5O3/c1-16-11-13-23-22(24-16)26-14-12-20(25-27(28)29)21(26)15-30-19-9-7-18(8-10-19)17-5-3-2-4-6-17/h2-6,11,13,18-21,25H,7-10,12,14-15H2,1H3. The molecule has 1 N–H and O–H groups in total. The van der Waals surface area contributed by atoms with Crippen molar-refractivity contribution < 1.29 is 9.77 Å². The molecule has 1 saturated heterocycles. The molecule has 160 valence electrons.